The lowest BCUT2D eigenvalue weighted by Crippen LogP contribution is -2.35. The fourth-order valence-electron chi connectivity index (χ4n) is 0.590. The summed E-state index contributed by atoms with van der Waals surface area (Å²) in [6, 6.07) is -0.269. The van der Waals surface area contributed by atoms with Crippen molar-refractivity contribution in [1.29, 1.82) is 0 Å². The number of carbonyl (C=O) groups is 2. The van der Waals surface area contributed by atoms with E-state index in [0.717, 1.165) is 5.06 Å². The van der Waals surface area contributed by atoms with Crippen molar-refractivity contribution < 1.29 is 19.2 Å². The van der Waals surface area contributed by atoms with Gasteiger partial charge in [-0.25, -0.2) is 4.79 Å². The van der Waals surface area contributed by atoms with Crippen molar-refractivity contribution in [3.05, 3.63) is 0 Å². The van der Waals surface area contributed by atoms with Crippen LogP contribution in [0.3, 0.4) is 0 Å². The number of hydrogen-bond acceptors (Lipinski definition) is 4. The van der Waals surface area contributed by atoms with Gasteiger partial charge in [0, 0.05) is 0 Å². The largest absolute Gasteiger partial charge is 0.533 e. The zero-order valence-electron chi connectivity index (χ0n) is 7.81. The van der Waals surface area contributed by atoms with E-state index in [0.29, 0.717) is 0 Å². The summed E-state index contributed by atoms with van der Waals surface area (Å²) in [7, 11) is 0. The van der Waals surface area contributed by atoms with Crippen molar-refractivity contribution in [2.75, 3.05) is 6.61 Å². The van der Waals surface area contributed by atoms with E-state index in [1.165, 1.54) is 0 Å². The van der Waals surface area contributed by atoms with Gasteiger partial charge >= 0.3 is 11.4 Å². The lowest BCUT2D eigenvalue weighted by Gasteiger charge is -2.21. The van der Waals surface area contributed by atoms with Gasteiger partial charge in [-0.1, -0.05) is 12.6 Å². The smallest absolute Gasteiger partial charge is 0.433 e. The van der Waals surface area contributed by atoms with Gasteiger partial charge in [0.1, 0.15) is 0 Å². The highest BCUT2D eigenvalue weighted by Gasteiger charge is 2.19. The lowest BCUT2D eigenvalue weighted by molar-refractivity contribution is -0.101. The van der Waals surface area contributed by atoms with Crippen molar-refractivity contribution in [2.45, 2.75) is 26.8 Å². The van der Waals surface area contributed by atoms with Gasteiger partial charge < -0.3 is 9.57 Å². The zero-order chi connectivity index (χ0) is 10.4. The average molecular weight is 207 g/mol. The van der Waals surface area contributed by atoms with Crippen molar-refractivity contribution >= 4 is 24.0 Å². The molecule has 5 nitrogen and oxygen atoms in total. The van der Waals surface area contributed by atoms with Crippen molar-refractivity contribution in [3.63, 3.8) is 0 Å². The summed E-state index contributed by atoms with van der Waals surface area (Å²) >= 11 is 3.53. The predicted molar refractivity (Wildman–Crippen MR) is 49.5 cm³/mol. The van der Waals surface area contributed by atoms with Crippen molar-refractivity contribution in [3.8, 4) is 0 Å². The Labute approximate surface area is 82.3 Å². The molecule has 0 aliphatic heterocycles. The van der Waals surface area contributed by atoms with Crippen molar-refractivity contribution in [1.82, 2.24) is 5.06 Å². The molecular weight excluding hydrogens is 194 g/mol. The minimum atomic E-state index is -0.904. The molecule has 0 aromatic carbocycles. The molecule has 76 valence electrons. The van der Waals surface area contributed by atoms with Crippen LogP contribution in [0.15, 0.2) is 0 Å². The normalized spacial score (nSPS) is 9.62. The van der Waals surface area contributed by atoms with Crippen LogP contribution in [0, 0.1) is 0 Å². The number of ether oxygens (including phenoxy) is 1. The van der Waals surface area contributed by atoms with Crippen LogP contribution in [0.5, 0.6) is 0 Å². The number of amides is 1. The van der Waals surface area contributed by atoms with E-state index in [1.54, 1.807) is 20.8 Å². The molecule has 0 aliphatic rings. The fraction of sp³-hybridized carbons (Fsp3) is 0.714. The Morgan fingerprint density at radius 1 is 1.46 bits per heavy atom. The summed E-state index contributed by atoms with van der Waals surface area (Å²) in [6.45, 7) is 5.22. The van der Waals surface area contributed by atoms with Crippen LogP contribution in [-0.2, 0) is 9.57 Å². The minimum Gasteiger partial charge on any atom is -0.433 e. The Bertz CT molecular complexity index is 195. The Kier molecular flexibility index (Phi) is 5.29. The number of rotatable bonds is 2. The van der Waals surface area contributed by atoms with E-state index in [-0.39, 0.29) is 12.6 Å². The maximum atomic E-state index is 10.8. The second-order valence-corrected chi connectivity index (χ2v) is 2.86. The third-order valence-electron chi connectivity index (χ3n) is 1.09. The minimum absolute atomic E-state index is 0.200. The van der Waals surface area contributed by atoms with E-state index in [4.69, 9.17) is 0 Å². The highest BCUT2D eigenvalue weighted by Crippen LogP contribution is 2.05. The highest BCUT2D eigenvalue weighted by atomic mass is 32.1. The molecule has 0 unspecified atom stereocenters. The SMILES string of the molecule is CCOC(=O)ON(C(=O)S)C(C)C. The molecule has 0 heterocycles. The van der Waals surface area contributed by atoms with Crippen LogP contribution in [0.2, 0.25) is 0 Å². The summed E-state index contributed by atoms with van der Waals surface area (Å²) < 4.78 is 4.48. The number of hydroxylamine groups is 2. The van der Waals surface area contributed by atoms with Gasteiger partial charge in [0.25, 0.3) is 0 Å². The van der Waals surface area contributed by atoms with E-state index in [1.807, 2.05) is 0 Å². The Balaban J connectivity index is 4.10. The average Bonchev–Trinajstić information content (AvgIpc) is 1.99. The van der Waals surface area contributed by atoms with E-state index < -0.39 is 11.4 Å². The Morgan fingerprint density at radius 2 is 2.00 bits per heavy atom. The van der Waals surface area contributed by atoms with Gasteiger partial charge in [0.2, 0.25) is 0 Å². The number of thiol groups is 1. The summed E-state index contributed by atoms with van der Waals surface area (Å²) in [6.07, 6.45) is -0.904. The van der Waals surface area contributed by atoms with Crippen LogP contribution in [0.1, 0.15) is 20.8 Å². The van der Waals surface area contributed by atoms with Gasteiger partial charge in [-0.05, 0) is 20.8 Å². The lowest BCUT2D eigenvalue weighted by atomic mass is 10.4. The number of nitrogens with zero attached hydrogens (tertiary/aromatic N) is 1. The van der Waals surface area contributed by atoms with Crippen LogP contribution in [-0.4, -0.2) is 29.1 Å². The van der Waals surface area contributed by atoms with Crippen LogP contribution < -0.4 is 0 Å². The quantitative estimate of drug-likeness (QED) is 0.426. The molecule has 0 fully saturated rings. The third-order valence-corrected chi connectivity index (χ3v) is 1.29. The molecule has 0 saturated carbocycles. The Morgan fingerprint density at radius 3 is 2.31 bits per heavy atom. The Hall–Kier alpha value is -0.910. The number of hydrogen-bond donors (Lipinski definition) is 1. The first-order valence-corrected chi connectivity index (χ1v) is 4.30. The first kappa shape index (κ1) is 12.1. The maximum Gasteiger partial charge on any atom is 0.533 e. The van der Waals surface area contributed by atoms with Gasteiger partial charge in [-0.2, -0.15) is 5.06 Å². The third kappa shape index (κ3) is 4.62. The van der Waals surface area contributed by atoms with Crippen LogP contribution in [0.4, 0.5) is 9.59 Å². The molecule has 0 atom stereocenters. The summed E-state index contributed by atoms with van der Waals surface area (Å²) in [5, 5.41) is 0.198. The second-order valence-electron chi connectivity index (χ2n) is 2.48. The van der Waals surface area contributed by atoms with Gasteiger partial charge in [-0.3, -0.25) is 4.79 Å². The highest BCUT2D eigenvalue weighted by molar-refractivity contribution is 7.96. The summed E-state index contributed by atoms with van der Waals surface area (Å²) in [5.41, 5.74) is 0. The molecule has 0 bridgehead atoms. The molecule has 0 aromatic rings. The molecule has 0 radical (unpaired) electrons. The zero-order valence-corrected chi connectivity index (χ0v) is 8.71. The maximum absolute atomic E-state index is 10.8. The molecule has 6 heteroatoms. The first-order chi connectivity index (χ1) is 5.99. The fourth-order valence-corrected chi connectivity index (χ4v) is 0.862. The van der Waals surface area contributed by atoms with E-state index in [2.05, 4.69) is 22.2 Å². The standard InChI is InChI=1S/C7H13NO4S/c1-4-11-7(10)12-8(5(2)3)6(9)13/h5H,4H2,1-3H3,(H,9,13). The summed E-state index contributed by atoms with van der Waals surface area (Å²) in [4.78, 5) is 26.1. The van der Waals surface area contributed by atoms with Gasteiger partial charge in [-0.15, -0.1) is 0 Å². The van der Waals surface area contributed by atoms with E-state index >= 15 is 0 Å². The summed E-state index contributed by atoms with van der Waals surface area (Å²) in [5.74, 6) is 0. The molecule has 0 rings (SSSR count). The topological polar surface area (TPSA) is 55.8 Å². The van der Waals surface area contributed by atoms with E-state index in [9.17, 15) is 9.59 Å². The monoisotopic (exact) mass is 207 g/mol. The molecule has 0 N–H and O–H groups in total. The molecule has 0 aromatic heterocycles. The van der Waals surface area contributed by atoms with Crippen molar-refractivity contribution in [2.24, 2.45) is 0 Å². The van der Waals surface area contributed by atoms with Crippen LogP contribution >= 0.6 is 12.6 Å². The van der Waals surface area contributed by atoms with Crippen LogP contribution in [0.25, 0.3) is 0 Å². The molecule has 0 spiro atoms. The first-order valence-electron chi connectivity index (χ1n) is 3.85. The number of carbonyl (C=O) groups excluding carboxylic acids is 2. The molecule has 1 amide bonds. The molecule has 0 saturated heterocycles. The molecule has 0 aliphatic carbocycles. The van der Waals surface area contributed by atoms with Gasteiger partial charge in [0.15, 0.2) is 0 Å². The van der Waals surface area contributed by atoms with Gasteiger partial charge in [0.05, 0.1) is 12.6 Å². The predicted octanol–water partition coefficient (Wildman–Crippen LogP) is 1.83. The molecular formula is C7H13NO4S. The molecule has 13 heavy (non-hydrogen) atoms. The second kappa shape index (κ2) is 5.69.